The van der Waals surface area contributed by atoms with Crippen molar-refractivity contribution in [3.05, 3.63) is 68.4 Å². The second-order valence-electron chi connectivity index (χ2n) is 5.87. The molecule has 0 atom stereocenters. The Morgan fingerprint density at radius 2 is 1.88 bits per heavy atom. The molecule has 0 spiro atoms. The Morgan fingerprint density at radius 3 is 2.64 bits per heavy atom. The van der Waals surface area contributed by atoms with Gasteiger partial charge in [0.1, 0.15) is 21.6 Å². The highest BCUT2D eigenvalue weighted by molar-refractivity contribution is 9.10. The van der Waals surface area contributed by atoms with Crippen molar-refractivity contribution in [2.75, 3.05) is 0 Å². The number of nitro groups is 1. The molecule has 0 aliphatic rings. The highest BCUT2D eigenvalue weighted by atomic mass is 79.9. The van der Waals surface area contributed by atoms with Crippen LogP contribution in [0.3, 0.4) is 0 Å². The van der Waals surface area contributed by atoms with Gasteiger partial charge in [0.2, 0.25) is 0 Å². The fourth-order valence-electron chi connectivity index (χ4n) is 3.10. The zero-order chi connectivity index (χ0) is 17.7. The van der Waals surface area contributed by atoms with Crippen LogP contribution >= 0.6 is 15.9 Å². The average Bonchev–Trinajstić information content (AvgIpc) is 2.92. The van der Waals surface area contributed by atoms with Gasteiger partial charge in [0, 0.05) is 17.1 Å². The van der Waals surface area contributed by atoms with Gasteiger partial charge in [0.25, 0.3) is 5.69 Å². The third-order valence-electron chi connectivity index (χ3n) is 4.19. The highest BCUT2D eigenvalue weighted by Crippen LogP contribution is 2.36. The van der Waals surface area contributed by atoms with E-state index in [1.807, 2.05) is 36.4 Å². The minimum absolute atomic E-state index is 0.0243. The first-order chi connectivity index (χ1) is 12.0. The zero-order valence-electron chi connectivity index (χ0n) is 13.5. The van der Waals surface area contributed by atoms with Gasteiger partial charge in [-0.2, -0.15) is 0 Å². The molecule has 0 fully saturated rings. The fraction of sp³-hybridized carbons (Fsp3) is 0.111. The van der Waals surface area contributed by atoms with E-state index in [0.717, 1.165) is 22.3 Å². The van der Waals surface area contributed by atoms with Crippen molar-refractivity contribution in [2.45, 2.75) is 13.8 Å². The average molecular weight is 397 g/mol. The van der Waals surface area contributed by atoms with E-state index in [2.05, 4.69) is 25.9 Å². The molecule has 0 saturated heterocycles. The van der Waals surface area contributed by atoms with E-state index in [9.17, 15) is 10.1 Å². The summed E-state index contributed by atoms with van der Waals surface area (Å²) in [6.45, 7) is 3.98. The van der Waals surface area contributed by atoms with Crippen LogP contribution in [0.2, 0.25) is 0 Å². The number of fused-ring (bicyclic) bond motifs is 3. The fourth-order valence-corrected chi connectivity index (χ4v) is 3.75. The zero-order valence-corrected chi connectivity index (χ0v) is 15.1. The Kier molecular flexibility index (Phi) is 3.54. The number of para-hydroxylation sites is 1. The maximum atomic E-state index is 11.4. The molecule has 7 heteroatoms. The number of halogens is 1. The first-order valence-corrected chi connectivity index (χ1v) is 8.45. The van der Waals surface area contributed by atoms with Crippen LogP contribution in [0.1, 0.15) is 11.3 Å². The second kappa shape index (κ2) is 5.63. The summed E-state index contributed by atoms with van der Waals surface area (Å²) >= 11 is 3.58. The van der Waals surface area contributed by atoms with Gasteiger partial charge in [-0.15, -0.1) is 0 Å². The molecular formula is C18H13BrN4O2. The quantitative estimate of drug-likeness (QED) is 0.359. The van der Waals surface area contributed by atoms with Crippen LogP contribution in [0.15, 0.2) is 47.1 Å². The van der Waals surface area contributed by atoms with Crippen molar-refractivity contribution in [2.24, 2.45) is 0 Å². The van der Waals surface area contributed by atoms with Crippen LogP contribution < -0.4 is 0 Å². The maximum Gasteiger partial charge on any atom is 0.278 e. The monoisotopic (exact) mass is 396 g/mol. The molecule has 3 heterocycles. The number of rotatable bonds is 2. The summed E-state index contributed by atoms with van der Waals surface area (Å²) < 4.78 is 2.54. The highest BCUT2D eigenvalue weighted by Gasteiger charge is 2.22. The van der Waals surface area contributed by atoms with E-state index in [1.54, 1.807) is 18.2 Å². The number of hydrogen-bond acceptors (Lipinski definition) is 4. The van der Waals surface area contributed by atoms with E-state index >= 15 is 0 Å². The largest absolute Gasteiger partial charge is 0.278 e. The normalized spacial score (nSPS) is 11.3. The molecule has 3 aromatic heterocycles. The Labute approximate surface area is 151 Å². The topological polar surface area (TPSA) is 73.3 Å². The Bertz CT molecular complexity index is 1170. The van der Waals surface area contributed by atoms with E-state index < -0.39 is 4.92 Å². The molecular weight excluding hydrogens is 384 g/mol. The first kappa shape index (κ1) is 15.7. The molecule has 124 valence electrons. The number of nitro benzene ring substituents is 1. The van der Waals surface area contributed by atoms with Crippen LogP contribution in [-0.4, -0.2) is 19.3 Å². The molecule has 0 amide bonds. The Morgan fingerprint density at radius 1 is 1.12 bits per heavy atom. The van der Waals surface area contributed by atoms with Gasteiger partial charge < -0.3 is 0 Å². The lowest BCUT2D eigenvalue weighted by Crippen LogP contribution is -1.96. The van der Waals surface area contributed by atoms with Gasteiger partial charge >= 0.3 is 0 Å². The summed E-state index contributed by atoms with van der Waals surface area (Å²) in [6.07, 6.45) is 0. The Balaban J connectivity index is 2.11. The molecule has 4 rings (SSSR count). The van der Waals surface area contributed by atoms with Crippen molar-refractivity contribution < 1.29 is 4.92 Å². The minimum Gasteiger partial charge on any atom is -0.270 e. The van der Waals surface area contributed by atoms with Gasteiger partial charge in [0.05, 0.1) is 10.5 Å². The number of hydrogen-bond donors (Lipinski definition) is 0. The summed E-state index contributed by atoms with van der Waals surface area (Å²) in [5.41, 5.74) is 4.52. The van der Waals surface area contributed by atoms with Crippen molar-refractivity contribution >= 4 is 38.3 Å². The van der Waals surface area contributed by atoms with E-state index in [0.29, 0.717) is 21.5 Å². The lowest BCUT2D eigenvalue weighted by Gasteiger charge is -2.06. The molecule has 1 aromatic carbocycles. The van der Waals surface area contributed by atoms with E-state index in [-0.39, 0.29) is 5.69 Å². The van der Waals surface area contributed by atoms with Crippen LogP contribution in [0, 0.1) is 24.0 Å². The van der Waals surface area contributed by atoms with Gasteiger partial charge in [-0.05, 0) is 59.6 Å². The summed E-state index contributed by atoms with van der Waals surface area (Å²) in [5, 5.41) is 12.4. The SMILES string of the molecule is Cc1cc(C)c2ccc3nc(-c4ccccc4[N+](=O)[O-])c(Br)n3c2n1. The number of pyridine rings is 2. The number of benzene rings is 1. The number of nitrogens with zero attached hydrogens (tertiary/aromatic N) is 4. The van der Waals surface area contributed by atoms with Crippen LogP contribution in [-0.2, 0) is 0 Å². The van der Waals surface area contributed by atoms with Crippen LogP contribution in [0.5, 0.6) is 0 Å². The maximum absolute atomic E-state index is 11.4. The molecule has 25 heavy (non-hydrogen) atoms. The van der Waals surface area contributed by atoms with Gasteiger partial charge in [0.15, 0.2) is 0 Å². The van der Waals surface area contributed by atoms with Crippen molar-refractivity contribution in [3.63, 3.8) is 0 Å². The van der Waals surface area contributed by atoms with Gasteiger partial charge in [-0.3, -0.25) is 14.5 Å². The van der Waals surface area contributed by atoms with Crippen molar-refractivity contribution in [1.82, 2.24) is 14.4 Å². The molecule has 4 aromatic rings. The smallest absolute Gasteiger partial charge is 0.270 e. The third-order valence-corrected chi connectivity index (χ3v) is 4.92. The molecule has 6 nitrogen and oxygen atoms in total. The molecule has 0 N–H and O–H groups in total. The van der Waals surface area contributed by atoms with Crippen molar-refractivity contribution in [3.8, 4) is 11.3 Å². The summed E-state index contributed by atoms with van der Waals surface area (Å²) in [7, 11) is 0. The lowest BCUT2D eigenvalue weighted by atomic mass is 10.1. The molecule has 0 aliphatic carbocycles. The van der Waals surface area contributed by atoms with Crippen LogP contribution in [0.25, 0.3) is 27.9 Å². The predicted octanol–water partition coefficient (Wildman–Crippen LogP) is 4.84. The first-order valence-electron chi connectivity index (χ1n) is 7.66. The molecule has 0 aliphatic heterocycles. The standard InChI is InChI=1S/C18H13BrN4O2/c1-10-9-11(2)20-18-12(10)7-8-15-21-16(17(19)22(15)18)13-5-3-4-6-14(13)23(24)25/h3-9H,1-2H3. The van der Waals surface area contributed by atoms with Gasteiger partial charge in [-0.25, -0.2) is 9.97 Å². The molecule has 0 saturated carbocycles. The molecule has 0 bridgehead atoms. The van der Waals surface area contributed by atoms with E-state index in [1.165, 1.54) is 6.07 Å². The second-order valence-corrected chi connectivity index (χ2v) is 6.62. The van der Waals surface area contributed by atoms with Gasteiger partial charge in [-0.1, -0.05) is 12.1 Å². The minimum atomic E-state index is -0.392. The summed E-state index contributed by atoms with van der Waals surface area (Å²) in [5.74, 6) is 0. The Hall–Kier alpha value is -2.80. The number of imidazole rings is 1. The van der Waals surface area contributed by atoms with Crippen molar-refractivity contribution in [1.29, 1.82) is 0 Å². The number of aryl methyl sites for hydroxylation is 2. The van der Waals surface area contributed by atoms with Crippen LogP contribution in [0.4, 0.5) is 5.69 Å². The third kappa shape index (κ3) is 2.39. The van der Waals surface area contributed by atoms with E-state index in [4.69, 9.17) is 0 Å². The summed E-state index contributed by atoms with van der Waals surface area (Å²) in [6, 6.07) is 12.5. The predicted molar refractivity (Wildman–Crippen MR) is 99.8 cm³/mol. The summed E-state index contributed by atoms with van der Waals surface area (Å²) in [4.78, 5) is 20.2. The molecule has 0 radical (unpaired) electrons. The lowest BCUT2D eigenvalue weighted by molar-refractivity contribution is -0.384. The molecule has 0 unspecified atom stereocenters. The number of aromatic nitrogens is 3.